The Kier molecular flexibility index (Phi) is 3.77. The van der Waals surface area contributed by atoms with Crippen LogP contribution in [0.15, 0.2) is 42.6 Å². The third kappa shape index (κ3) is 2.97. The maximum atomic E-state index is 9.30. The van der Waals surface area contributed by atoms with Crippen molar-refractivity contribution in [2.24, 2.45) is 0 Å². The van der Waals surface area contributed by atoms with Crippen molar-refractivity contribution < 1.29 is 30.3 Å². The standard InChI is InChI=1S/C10H10N2O2.Ir/c13-10(14)6-3-5-9(12-10)8-4-1-2-7-11-8;/h1-7,12-14H;. The Hall–Kier alpha value is -1.00. The summed E-state index contributed by atoms with van der Waals surface area (Å²) in [7, 11) is 0. The summed E-state index contributed by atoms with van der Waals surface area (Å²) in [4.78, 5) is 4.08. The van der Waals surface area contributed by atoms with Crippen LogP contribution >= 0.6 is 0 Å². The molecule has 0 spiro atoms. The maximum Gasteiger partial charge on any atom is 0.265 e. The van der Waals surface area contributed by atoms with E-state index < -0.39 is 5.91 Å². The molecular weight excluding hydrogens is 372 g/mol. The minimum atomic E-state index is -1.98. The van der Waals surface area contributed by atoms with Crippen molar-refractivity contribution in [2.75, 3.05) is 0 Å². The molecule has 0 saturated heterocycles. The molecule has 0 unspecified atom stereocenters. The zero-order chi connectivity index (χ0) is 10.0. The minimum Gasteiger partial charge on any atom is -0.346 e. The van der Waals surface area contributed by atoms with E-state index in [9.17, 15) is 10.2 Å². The summed E-state index contributed by atoms with van der Waals surface area (Å²) in [6, 6.07) is 5.42. The number of dihydropyridines is 1. The molecule has 81 valence electrons. The second kappa shape index (κ2) is 4.68. The van der Waals surface area contributed by atoms with Crippen molar-refractivity contribution in [1.29, 1.82) is 0 Å². The Morgan fingerprint density at radius 2 is 2.07 bits per heavy atom. The molecule has 1 radical (unpaired) electrons. The van der Waals surface area contributed by atoms with Crippen molar-refractivity contribution >= 4 is 5.70 Å². The van der Waals surface area contributed by atoms with Gasteiger partial charge < -0.3 is 15.5 Å². The van der Waals surface area contributed by atoms with Crippen LogP contribution in [-0.2, 0) is 20.1 Å². The molecule has 0 saturated carbocycles. The molecule has 0 atom stereocenters. The number of nitrogens with one attached hydrogen (secondary N) is 1. The van der Waals surface area contributed by atoms with E-state index in [1.54, 1.807) is 30.5 Å². The van der Waals surface area contributed by atoms with E-state index >= 15 is 0 Å². The number of aromatic nitrogens is 1. The second-order valence-corrected chi connectivity index (χ2v) is 3.01. The fourth-order valence-corrected chi connectivity index (χ4v) is 1.23. The van der Waals surface area contributed by atoms with Crippen LogP contribution in [0, 0.1) is 0 Å². The molecule has 0 amide bonds. The van der Waals surface area contributed by atoms with Crippen LogP contribution in [-0.4, -0.2) is 21.1 Å². The van der Waals surface area contributed by atoms with Gasteiger partial charge in [0.2, 0.25) is 0 Å². The van der Waals surface area contributed by atoms with Gasteiger partial charge in [-0.1, -0.05) is 12.1 Å². The van der Waals surface area contributed by atoms with Crippen molar-refractivity contribution in [3.63, 3.8) is 0 Å². The molecule has 0 bridgehead atoms. The fraction of sp³-hybridized carbons (Fsp3) is 0.100. The molecule has 0 fully saturated rings. The van der Waals surface area contributed by atoms with Gasteiger partial charge in [-0.15, -0.1) is 0 Å². The summed E-state index contributed by atoms with van der Waals surface area (Å²) in [6.45, 7) is 0. The monoisotopic (exact) mass is 383 g/mol. The molecule has 15 heavy (non-hydrogen) atoms. The van der Waals surface area contributed by atoms with E-state index in [2.05, 4.69) is 10.3 Å². The van der Waals surface area contributed by atoms with E-state index in [0.717, 1.165) is 0 Å². The molecule has 1 aliphatic rings. The Morgan fingerprint density at radius 3 is 2.67 bits per heavy atom. The maximum absolute atomic E-state index is 9.30. The van der Waals surface area contributed by atoms with Crippen LogP contribution < -0.4 is 5.32 Å². The number of nitrogens with zero attached hydrogens (tertiary/aromatic N) is 1. The number of hydrogen-bond donors (Lipinski definition) is 3. The van der Waals surface area contributed by atoms with Crippen molar-refractivity contribution in [2.45, 2.75) is 5.91 Å². The van der Waals surface area contributed by atoms with Crippen LogP contribution in [0.5, 0.6) is 0 Å². The number of aliphatic hydroxyl groups is 2. The quantitative estimate of drug-likeness (QED) is 0.608. The molecule has 2 rings (SSSR count). The Labute approximate surface area is 101 Å². The van der Waals surface area contributed by atoms with E-state index in [-0.39, 0.29) is 20.1 Å². The van der Waals surface area contributed by atoms with Crippen molar-refractivity contribution in [3.05, 3.63) is 48.3 Å². The zero-order valence-electron chi connectivity index (χ0n) is 7.72. The summed E-state index contributed by atoms with van der Waals surface area (Å²) in [5.74, 6) is -1.98. The largest absolute Gasteiger partial charge is 0.346 e. The first-order valence-corrected chi connectivity index (χ1v) is 4.21. The van der Waals surface area contributed by atoms with Crippen LogP contribution in [0.2, 0.25) is 0 Å². The molecule has 1 aliphatic heterocycles. The normalized spacial score (nSPS) is 17.3. The minimum absolute atomic E-state index is 0. The summed E-state index contributed by atoms with van der Waals surface area (Å²) >= 11 is 0. The summed E-state index contributed by atoms with van der Waals surface area (Å²) < 4.78 is 0. The van der Waals surface area contributed by atoms with Crippen LogP contribution in [0.4, 0.5) is 0 Å². The Balaban J connectivity index is 0.00000112. The van der Waals surface area contributed by atoms with E-state index in [4.69, 9.17) is 0 Å². The molecule has 2 heterocycles. The van der Waals surface area contributed by atoms with E-state index in [1.807, 2.05) is 6.07 Å². The van der Waals surface area contributed by atoms with Gasteiger partial charge in [-0.2, -0.15) is 0 Å². The molecule has 1 aromatic rings. The first-order valence-electron chi connectivity index (χ1n) is 4.21. The number of allylic oxidation sites excluding steroid dienone is 2. The first kappa shape index (κ1) is 12.1. The predicted molar refractivity (Wildman–Crippen MR) is 51.7 cm³/mol. The van der Waals surface area contributed by atoms with Gasteiger partial charge in [0, 0.05) is 26.3 Å². The fourth-order valence-electron chi connectivity index (χ4n) is 1.23. The number of pyridine rings is 1. The molecule has 4 nitrogen and oxygen atoms in total. The van der Waals surface area contributed by atoms with Gasteiger partial charge in [0.15, 0.2) is 0 Å². The third-order valence-electron chi connectivity index (χ3n) is 1.85. The average molecular weight is 382 g/mol. The average Bonchev–Trinajstić information content (AvgIpc) is 2.18. The summed E-state index contributed by atoms with van der Waals surface area (Å²) in [6.07, 6.45) is 6.19. The van der Waals surface area contributed by atoms with Crippen LogP contribution in [0.1, 0.15) is 5.69 Å². The molecule has 1 aromatic heterocycles. The topological polar surface area (TPSA) is 65.4 Å². The third-order valence-corrected chi connectivity index (χ3v) is 1.85. The molecule has 5 heteroatoms. The molecule has 3 N–H and O–H groups in total. The zero-order valence-corrected chi connectivity index (χ0v) is 10.1. The van der Waals surface area contributed by atoms with Gasteiger partial charge >= 0.3 is 0 Å². The van der Waals surface area contributed by atoms with Gasteiger partial charge in [-0.25, -0.2) is 0 Å². The molecular formula is C10H10IrN2O2. The SMILES string of the molecule is OC1(O)C=CC=C(c2ccccn2)N1.[Ir]. The second-order valence-electron chi connectivity index (χ2n) is 3.01. The summed E-state index contributed by atoms with van der Waals surface area (Å²) in [5.41, 5.74) is 1.25. The van der Waals surface area contributed by atoms with Crippen LogP contribution in [0.25, 0.3) is 5.70 Å². The molecule has 0 aromatic carbocycles. The van der Waals surface area contributed by atoms with E-state index in [0.29, 0.717) is 11.4 Å². The smallest absolute Gasteiger partial charge is 0.265 e. The van der Waals surface area contributed by atoms with Crippen LogP contribution in [0.3, 0.4) is 0 Å². The van der Waals surface area contributed by atoms with Crippen molar-refractivity contribution in [3.8, 4) is 0 Å². The summed E-state index contributed by atoms with van der Waals surface area (Å²) in [5, 5.41) is 21.1. The number of hydrogen-bond acceptors (Lipinski definition) is 4. The van der Waals surface area contributed by atoms with Crippen molar-refractivity contribution in [1.82, 2.24) is 10.3 Å². The van der Waals surface area contributed by atoms with Gasteiger partial charge in [-0.3, -0.25) is 4.98 Å². The Bertz CT molecular complexity index is 388. The van der Waals surface area contributed by atoms with Gasteiger partial charge in [0.25, 0.3) is 5.91 Å². The molecule has 0 aliphatic carbocycles. The predicted octanol–water partition coefficient (Wildman–Crippen LogP) is 0.218. The van der Waals surface area contributed by atoms with Gasteiger partial charge in [0.05, 0.1) is 11.4 Å². The first-order chi connectivity index (χ1) is 6.67. The van der Waals surface area contributed by atoms with E-state index in [1.165, 1.54) is 6.08 Å². The Morgan fingerprint density at radius 1 is 1.27 bits per heavy atom. The number of rotatable bonds is 1. The van der Waals surface area contributed by atoms with Gasteiger partial charge in [0.1, 0.15) is 0 Å². The van der Waals surface area contributed by atoms with Gasteiger partial charge in [-0.05, 0) is 24.3 Å².